The lowest BCUT2D eigenvalue weighted by Gasteiger charge is -2.11. The highest BCUT2D eigenvalue weighted by atomic mass is 19.4. The van der Waals surface area contributed by atoms with Crippen molar-refractivity contribution in [2.45, 2.75) is 31.9 Å². The minimum atomic E-state index is -4.23. The van der Waals surface area contributed by atoms with Gasteiger partial charge in [-0.15, -0.1) is 0 Å². The second kappa shape index (κ2) is 4.81. The summed E-state index contributed by atoms with van der Waals surface area (Å²) in [5.74, 6) is 0.494. The Morgan fingerprint density at radius 3 is 2.38 bits per heavy atom. The second-order valence-corrected chi connectivity index (χ2v) is 3.40. The summed E-state index contributed by atoms with van der Waals surface area (Å²) >= 11 is 0. The van der Waals surface area contributed by atoms with Crippen LogP contribution in [0.25, 0.3) is 0 Å². The number of rotatable bonds is 4. The van der Waals surface area contributed by atoms with Gasteiger partial charge in [0.1, 0.15) is 0 Å². The van der Waals surface area contributed by atoms with Crippen molar-refractivity contribution in [2.75, 3.05) is 13.2 Å². The van der Waals surface area contributed by atoms with E-state index in [2.05, 4.69) is 10.3 Å². The SMILES string of the molecule is FC(F)(F)CONCC1CCCC1. The maximum absolute atomic E-state index is 11.6. The maximum atomic E-state index is 11.6. The number of hydrogen-bond donors (Lipinski definition) is 1. The van der Waals surface area contributed by atoms with Gasteiger partial charge in [0.15, 0.2) is 6.61 Å². The third kappa shape index (κ3) is 5.10. The molecule has 1 N–H and O–H groups in total. The molecule has 0 radical (unpaired) electrons. The minimum Gasteiger partial charge on any atom is -0.292 e. The fraction of sp³-hybridized carbons (Fsp3) is 1.00. The van der Waals surface area contributed by atoms with Gasteiger partial charge in [-0.3, -0.25) is 4.84 Å². The van der Waals surface area contributed by atoms with E-state index in [4.69, 9.17) is 0 Å². The van der Waals surface area contributed by atoms with Gasteiger partial charge in [-0.25, -0.2) is 5.48 Å². The molecule has 1 saturated carbocycles. The zero-order chi connectivity index (χ0) is 9.73. The number of hydrogen-bond acceptors (Lipinski definition) is 2. The molecule has 0 aromatic rings. The van der Waals surface area contributed by atoms with Crippen molar-refractivity contribution in [3.05, 3.63) is 0 Å². The standard InChI is InChI=1S/C8H14F3NO/c9-8(10,11)6-13-12-5-7-3-1-2-4-7/h7,12H,1-6H2. The monoisotopic (exact) mass is 197 g/mol. The molecule has 0 spiro atoms. The zero-order valence-corrected chi connectivity index (χ0v) is 7.36. The van der Waals surface area contributed by atoms with Crippen LogP contribution in [-0.2, 0) is 4.84 Å². The fourth-order valence-electron chi connectivity index (χ4n) is 1.52. The molecule has 0 saturated heterocycles. The summed E-state index contributed by atoms with van der Waals surface area (Å²) in [5.41, 5.74) is 2.36. The van der Waals surface area contributed by atoms with Crippen LogP contribution < -0.4 is 5.48 Å². The van der Waals surface area contributed by atoms with Crippen LogP contribution in [0.15, 0.2) is 0 Å². The molecule has 0 unspecified atom stereocenters. The smallest absolute Gasteiger partial charge is 0.292 e. The average molecular weight is 197 g/mol. The molecule has 0 heterocycles. The molecule has 1 aliphatic carbocycles. The summed E-state index contributed by atoms with van der Waals surface area (Å²) in [4.78, 5) is 4.28. The first-order valence-electron chi connectivity index (χ1n) is 4.49. The Bertz CT molecular complexity index is 143. The van der Waals surface area contributed by atoms with E-state index in [0.29, 0.717) is 12.5 Å². The Morgan fingerprint density at radius 2 is 1.85 bits per heavy atom. The van der Waals surface area contributed by atoms with Gasteiger partial charge in [-0.05, 0) is 18.8 Å². The zero-order valence-electron chi connectivity index (χ0n) is 7.36. The maximum Gasteiger partial charge on any atom is 0.413 e. The largest absolute Gasteiger partial charge is 0.413 e. The van der Waals surface area contributed by atoms with Gasteiger partial charge in [0.2, 0.25) is 0 Å². The molecular weight excluding hydrogens is 183 g/mol. The van der Waals surface area contributed by atoms with Crippen molar-refractivity contribution in [2.24, 2.45) is 5.92 Å². The number of alkyl halides is 3. The summed E-state index contributed by atoms with van der Waals surface area (Å²) in [6, 6.07) is 0. The molecule has 1 fully saturated rings. The molecule has 2 nitrogen and oxygen atoms in total. The van der Waals surface area contributed by atoms with Crippen LogP contribution >= 0.6 is 0 Å². The van der Waals surface area contributed by atoms with Crippen LogP contribution in [0.1, 0.15) is 25.7 Å². The summed E-state index contributed by atoms with van der Waals surface area (Å²) in [7, 11) is 0. The molecule has 0 aromatic heterocycles. The Hall–Kier alpha value is -0.290. The van der Waals surface area contributed by atoms with Gasteiger partial charge in [0, 0.05) is 6.54 Å². The Morgan fingerprint density at radius 1 is 1.23 bits per heavy atom. The Labute approximate surface area is 75.4 Å². The van der Waals surface area contributed by atoms with Gasteiger partial charge in [-0.2, -0.15) is 13.2 Å². The third-order valence-corrected chi connectivity index (χ3v) is 2.18. The number of halogens is 3. The Kier molecular flexibility index (Phi) is 3.99. The van der Waals surface area contributed by atoms with Gasteiger partial charge < -0.3 is 0 Å². The van der Waals surface area contributed by atoms with E-state index < -0.39 is 12.8 Å². The first kappa shape index (κ1) is 10.8. The van der Waals surface area contributed by atoms with Crippen LogP contribution in [0, 0.1) is 5.92 Å². The quantitative estimate of drug-likeness (QED) is 0.551. The lowest BCUT2D eigenvalue weighted by atomic mass is 10.1. The van der Waals surface area contributed by atoms with Gasteiger partial charge in [-0.1, -0.05) is 12.8 Å². The molecule has 0 bridgehead atoms. The molecule has 1 aliphatic rings. The first-order chi connectivity index (χ1) is 6.08. The van der Waals surface area contributed by atoms with E-state index in [1.807, 2.05) is 0 Å². The van der Waals surface area contributed by atoms with Gasteiger partial charge in [0.05, 0.1) is 0 Å². The lowest BCUT2D eigenvalue weighted by Crippen LogP contribution is -2.27. The lowest BCUT2D eigenvalue weighted by molar-refractivity contribution is -0.190. The molecule has 0 atom stereocenters. The van der Waals surface area contributed by atoms with Crippen molar-refractivity contribution >= 4 is 0 Å². The highest BCUT2D eigenvalue weighted by Gasteiger charge is 2.27. The van der Waals surface area contributed by atoms with E-state index in [9.17, 15) is 13.2 Å². The minimum absolute atomic E-state index is 0.494. The fourth-order valence-corrected chi connectivity index (χ4v) is 1.52. The van der Waals surface area contributed by atoms with Crippen molar-refractivity contribution < 1.29 is 18.0 Å². The molecule has 13 heavy (non-hydrogen) atoms. The molecule has 78 valence electrons. The topological polar surface area (TPSA) is 21.3 Å². The molecule has 0 aromatic carbocycles. The summed E-state index contributed by atoms with van der Waals surface area (Å²) in [6.07, 6.45) is 0.338. The van der Waals surface area contributed by atoms with E-state index in [1.165, 1.54) is 12.8 Å². The second-order valence-electron chi connectivity index (χ2n) is 3.40. The Balaban J connectivity index is 1.94. The van der Waals surface area contributed by atoms with Crippen LogP contribution in [-0.4, -0.2) is 19.3 Å². The third-order valence-electron chi connectivity index (χ3n) is 2.18. The van der Waals surface area contributed by atoms with E-state index >= 15 is 0 Å². The number of hydroxylamine groups is 1. The predicted octanol–water partition coefficient (Wildman–Crippen LogP) is 2.26. The van der Waals surface area contributed by atoms with Gasteiger partial charge >= 0.3 is 6.18 Å². The average Bonchev–Trinajstić information content (AvgIpc) is 2.48. The van der Waals surface area contributed by atoms with Crippen LogP contribution in [0.2, 0.25) is 0 Å². The first-order valence-corrected chi connectivity index (χ1v) is 4.49. The van der Waals surface area contributed by atoms with Crippen LogP contribution in [0.4, 0.5) is 13.2 Å². The van der Waals surface area contributed by atoms with E-state index in [1.54, 1.807) is 0 Å². The molecular formula is C8H14F3NO. The molecule has 0 amide bonds. The molecule has 5 heteroatoms. The van der Waals surface area contributed by atoms with Crippen molar-refractivity contribution in [1.82, 2.24) is 5.48 Å². The summed E-state index contributed by atoms with van der Waals surface area (Å²) in [6.45, 7) is -0.671. The highest BCUT2D eigenvalue weighted by Crippen LogP contribution is 2.23. The van der Waals surface area contributed by atoms with E-state index in [0.717, 1.165) is 12.8 Å². The molecule has 1 rings (SSSR count). The van der Waals surface area contributed by atoms with Crippen LogP contribution in [0.5, 0.6) is 0 Å². The number of nitrogens with one attached hydrogen (secondary N) is 1. The van der Waals surface area contributed by atoms with Crippen LogP contribution in [0.3, 0.4) is 0 Å². The molecule has 0 aliphatic heterocycles. The van der Waals surface area contributed by atoms with Crippen molar-refractivity contribution in [3.63, 3.8) is 0 Å². The summed E-state index contributed by atoms with van der Waals surface area (Å²) in [5, 5.41) is 0. The van der Waals surface area contributed by atoms with Gasteiger partial charge in [0.25, 0.3) is 0 Å². The summed E-state index contributed by atoms with van der Waals surface area (Å²) < 4.78 is 34.8. The normalized spacial score (nSPS) is 19.6. The van der Waals surface area contributed by atoms with Crippen molar-refractivity contribution in [1.29, 1.82) is 0 Å². The van der Waals surface area contributed by atoms with Crippen molar-refractivity contribution in [3.8, 4) is 0 Å². The highest BCUT2D eigenvalue weighted by molar-refractivity contribution is 4.67. The van der Waals surface area contributed by atoms with E-state index in [-0.39, 0.29) is 0 Å². The predicted molar refractivity (Wildman–Crippen MR) is 42.0 cm³/mol.